The molecule has 0 aromatic heterocycles. The number of rotatable bonds is 11. The van der Waals surface area contributed by atoms with Gasteiger partial charge in [0, 0.05) is 33.2 Å². The molecule has 0 saturated heterocycles. The molecule has 0 radical (unpaired) electrons. The van der Waals surface area contributed by atoms with Crippen LogP contribution in [-0.4, -0.2) is 50.5 Å². The maximum Gasteiger partial charge on any atom is 0.244 e. The number of para-hydroxylation sites is 1. The van der Waals surface area contributed by atoms with Crippen LogP contribution in [-0.2, 0) is 26.2 Å². The van der Waals surface area contributed by atoms with Gasteiger partial charge in [-0.05, 0) is 53.0 Å². The summed E-state index contributed by atoms with van der Waals surface area (Å²) in [7, 11) is -3.82. The zero-order valence-electron chi connectivity index (χ0n) is 19.2. The molecule has 1 N–H and O–H groups in total. The molecule has 0 heterocycles. The first-order chi connectivity index (χ1) is 16.0. The van der Waals surface area contributed by atoms with Gasteiger partial charge in [0.2, 0.25) is 21.8 Å². The van der Waals surface area contributed by atoms with Gasteiger partial charge in [-0.2, -0.15) is 0 Å². The van der Waals surface area contributed by atoms with Gasteiger partial charge in [0.15, 0.2) is 0 Å². The largest absolute Gasteiger partial charge is 0.354 e. The second-order valence-corrected chi connectivity index (χ2v) is 11.2. The number of sulfonamides is 1. The molecule has 2 aromatic carbocycles. The molecule has 2 amide bonds. The van der Waals surface area contributed by atoms with Gasteiger partial charge in [0.1, 0.15) is 12.6 Å². The number of hydrogen-bond donors (Lipinski definition) is 1. The third kappa shape index (κ3) is 7.34. The minimum Gasteiger partial charge on any atom is -0.354 e. The molecule has 7 nitrogen and oxygen atoms in total. The van der Waals surface area contributed by atoms with Crippen LogP contribution in [0.5, 0.6) is 0 Å². The van der Waals surface area contributed by atoms with Crippen LogP contribution in [0.2, 0.25) is 10.0 Å². The molecule has 2 rings (SSSR count). The summed E-state index contributed by atoms with van der Waals surface area (Å²) in [6.07, 6.45) is 2.08. The minimum absolute atomic E-state index is 0.0526. The quantitative estimate of drug-likeness (QED) is 0.404. The van der Waals surface area contributed by atoms with Crippen molar-refractivity contribution < 1.29 is 18.0 Å². The summed E-state index contributed by atoms with van der Waals surface area (Å²) in [5.41, 5.74) is 0.797. The van der Waals surface area contributed by atoms with Crippen LogP contribution in [0.25, 0.3) is 0 Å². The first kappa shape index (κ1) is 28.4. The fourth-order valence-corrected chi connectivity index (χ4v) is 5.38. The zero-order chi connectivity index (χ0) is 25.5. The molecule has 0 saturated carbocycles. The highest BCUT2D eigenvalue weighted by molar-refractivity contribution is 9.10. The van der Waals surface area contributed by atoms with E-state index in [0.29, 0.717) is 38.7 Å². The molecule has 1 atom stereocenters. The second-order valence-electron chi connectivity index (χ2n) is 7.66. The third-order valence-electron chi connectivity index (χ3n) is 5.13. The van der Waals surface area contributed by atoms with Gasteiger partial charge in [-0.25, -0.2) is 8.42 Å². The van der Waals surface area contributed by atoms with Crippen LogP contribution in [0.15, 0.2) is 46.9 Å². The summed E-state index contributed by atoms with van der Waals surface area (Å²) in [4.78, 5) is 27.9. The van der Waals surface area contributed by atoms with E-state index in [2.05, 4.69) is 21.2 Å². The van der Waals surface area contributed by atoms with Crippen molar-refractivity contribution in [2.45, 2.75) is 39.3 Å². The van der Waals surface area contributed by atoms with Crippen LogP contribution in [0.1, 0.15) is 32.3 Å². The topological polar surface area (TPSA) is 86.8 Å². The van der Waals surface area contributed by atoms with E-state index in [1.54, 1.807) is 49.4 Å². The number of amides is 2. The highest BCUT2D eigenvalue weighted by Gasteiger charge is 2.32. The summed E-state index contributed by atoms with van der Waals surface area (Å²) >= 11 is 16.1. The summed E-state index contributed by atoms with van der Waals surface area (Å²) in [6.45, 7) is 3.61. The van der Waals surface area contributed by atoms with Gasteiger partial charge in [0.25, 0.3) is 0 Å². The van der Waals surface area contributed by atoms with Gasteiger partial charge in [0.05, 0.1) is 11.9 Å². The molecule has 0 aliphatic rings. The average molecular weight is 593 g/mol. The molecular weight excluding hydrogens is 565 g/mol. The Hall–Kier alpha value is -1.81. The van der Waals surface area contributed by atoms with Crippen molar-refractivity contribution in [1.82, 2.24) is 10.2 Å². The predicted octanol–water partition coefficient (Wildman–Crippen LogP) is 4.86. The monoisotopic (exact) mass is 591 g/mol. The molecular formula is C23H28BrCl2N3O4S. The van der Waals surface area contributed by atoms with Gasteiger partial charge in [-0.3, -0.25) is 13.9 Å². The first-order valence-electron chi connectivity index (χ1n) is 10.7. The van der Waals surface area contributed by atoms with Crippen molar-refractivity contribution in [1.29, 1.82) is 0 Å². The maximum atomic E-state index is 13.6. The smallest absolute Gasteiger partial charge is 0.244 e. The number of anilines is 1. The Morgan fingerprint density at radius 3 is 2.21 bits per heavy atom. The molecule has 0 aliphatic heterocycles. The van der Waals surface area contributed by atoms with E-state index >= 15 is 0 Å². The van der Waals surface area contributed by atoms with Crippen LogP contribution in [0, 0.1) is 0 Å². The molecule has 34 heavy (non-hydrogen) atoms. The standard InChI is InChI=1S/C23H28BrCl2N3O4S/c1-4-13-27-23(31)20(5-2)28(14-16-18(25)10-8-11-19(16)26)22(30)15-29(34(3,32)33)21-12-7-6-9-17(21)24/h6-12,20H,4-5,13-15H2,1-3H3,(H,27,31). The van der Waals surface area contributed by atoms with E-state index in [1.165, 1.54) is 4.90 Å². The van der Waals surface area contributed by atoms with Gasteiger partial charge >= 0.3 is 0 Å². The Morgan fingerprint density at radius 2 is 1.68 bits per heavy atom. The minimum atomic E-state index is -3.82. The van der Waals surface area contributed by atoms with Gasteiger partial charge in [-0.1, -0.05) is 55.2 Å². The lowest BCUT2D eigenvalue weighted by molar-refractivity contribution is -0.140. The Balaban J connectivity index is 2.50. The van der Waals surface area contributed by atoms with E-state index in [-0.39, 0.29) is 12.5 Å². The number of nitrogens with one attached hydrogen (secondary N) is 1. The van der Waals surface area contributed by atoms with E-state index < -0.39 is 28.5 Å². The lowest BCUT2D eigenvalue weighted by Crippen LogP contribution is -2.52. The zero-order valence-corrected chi connectivity index (χ0v) is 23.1. The van der Waals surface area contributed by atoms with Crippen LogP contribution < -0.4 is 9.62 Å². The number of carbonyl (C=O) groups excluding carboxylic acids is 2. The average Bonchev–Trinajstić information content (AvgIpc) is 2.77. The van der Waals surface area contributed by atoms with E-state index in [9.17, 15) is 18.0 Å². The number of benzene rings is 2. The van der Waals surface area contributed by atoms with E-state index in [0.717, 1.165) is 17.0 Å². The number of nitrogens with zero attached hydrogens (tertiary/aromatic N) is 2. The Morgan fingerprint density at radius 1 is 1.06 bits per heavy atom. The molecule has 0 bridgehead atoms. The molecule has 1 unspecified atom stereocenters. The van der Waals surface area contributed by atoms with Crippen molar-refractivity contribution in [2.75, 3.05) is 23.7 Å². The molecule has 0 aliphatic carbocycles. The molecule has 2 aromatic rings. The maximum absolute atomic E-state index is 13.6. The van der Waals surface area contributed by atoms with E-state index in [1.807, 2.05) is 6.92 Å². The number of hydrogen-bond acceptors (Lipinski definition) is 4. The summed E-state index contributed by atoms with van der Waals surface area (Å²) in [6, 6.07) is 10.8. The van der Waals surface area contributed by atoms with Crippen molar-refractivity contribution in [3.8, 4) is 0 Å². The van der Waals surface area contributed by atoms with Gasteiger partial charge < -0.3 is 10.2 Å². The summed E-state index contributed by atoms with van der Waals surface area (Å²) in [5.74, 6) is -0.886. The van der Waals surface area contributed by atoms with E-state index in [4.69, 9.17) is 23.2 Å². The highest BCUT2D eigenvalue weighted by Crippen LogP contribution is 2.29. The molecule has 0 fully saturated rings. The lowest BCUT2D eigenvalue weighted by atomic mass is 10.1. The van der Waals surface area contributed by atoms with Crippen LogP contribution >= 0.6 is 39.1 Å². The predicted molar refractivity (Wildman–Crippen MR) is 141 cm³/mol. The van der Waals surface area contributed by atoms with Crippen molar-refractivity contribution in [3.05, 3.63) is 62.5 Å². The Labute approximate surface area is 219 Å². The molecule has 11 heteroatoms. The first-order valence-corrected chi connectivity index (χ1v) is 14.1. The van der Waals surface area contributed by atoms with Gasteiger partial charge in [-0.15, -0.1) is 0 Å². The summed E-state index contributed by atoms with van der Waals surface area (Å²) in [5, 5.41) is 3.51. The van der Waals surface area contributed by atoms with Crippen LogP contribution in [0.4, 0.5) is 5.69 Å². The van der Waals surface area contributed by atoms with Crippen molar-refractivity contribution >= 4 is 66.7 Å². The van der Waals surface area contributed by atoms with Crippen molar-refractivity contribution in [3.63, 3.8) is 0 Å². The fraction of sp³-hybridized carbons (Fsp3) is 0.391. The second kappa shape index (κ2) is 12.8. The summed E-state index contributed by atoms with van der Waals surface area (Å²) < 4.78 is 26.8. The van der Waals surface area contributed by atoms with Crippen LogP contribution in [0.3, 0.4) is 0 Å². The Kier molecular flexibility index (Phi) is 10.7. The molecule has 0 spiro atoms. The molecule has 186 valence electrons. The number of carbonyl (C=O) groups is 2. The normalized spacial score (nSPS) is 12.2. The van der Waals surface area contributed by atoms with Crippen molar-refractivity contribution in [2.24, 2.45) is 0 Å². The third-order valence-corrected chi connectivity index (χ3v) is 7.63. The SMILES string of the molecule is CCCNC(=O)C(CC)N(Cc1c(Cl)cccc1Cl)C(=O)CN(c1ccccc1Br)S(C)(=O)=O. The lowest BCUT2D eigenvalue weighted by Gasteiger charge is -2.33. The highest BCUT2D eigenvalue weighted by atomic mass is 79.9. The Bertz CT molecular complexity index is 1110. The fourth-order valence-electron chi connectivity index (χ4n) is 3.39. The number of halogens is 3.